The largest absolute Gasteiger partial charge is 0.388 e. The molecule has 5 heteroatoms. The van der Waals surface area contributed by atoms with E-state index in [-0.39, 0.29) is 5.78 Å². The number of anilines is 1. The Hall–Kier alpha value is -2.76. The van der Waals surface area contributed by atoms with Crippen molar-refractivity contribution in [2.24, 2.45) is 4.99 Å². The molecule has 1 N–H and O–H groups in total. The molecular formula is C25H26N2OSSi. The molecule has 1 aliphatic carbocycles. The molecule has 30 heavy (non-hydrogen) atoms. The van der Waals surface area contributed by atoms with Crippen molar-refractivity contribution in [3.8, 4) is 0 Å². The molecule has 0 fully saturated rings. The zero-order valence-electron chi connectivity index (χ0n) is 18.1. The molecule has 1 aromatic heterocycles. The van der Waals surface area contributed by atoms with Crippen molar-refractivity contribution in [2.45, 2.75) is 20.4 Å². The van der Waals surface area contributed by atoms with E-state index in [4.69, 9.17) is 0 Å². The van der Waals surface area contributed by atoms with Crippen LogP contribution in [0.25, 0.3) is 5.57 Å². The van der Waals surface area contributed by atoms with Crippen molar-refractivity contribution in [1.82, 2.24) is 0 Å². The number of thiophene rings is 1. The highest BCUT2D eigenvalue weighted by Crippen LogP contribution is 2.44. The SMILES string of the molecule is C=C[Si]1(C)C2=CC(=NC)C=CC2=C(c2sc(C(C)=O)cc2C)c2ccc(NC)cc21. The smallest absolute Gasteiger partial charge is 0.169 e. The third-order valence-corrected chi connectivity index (χ3v) is 11.4. The van der Waals surface area contributed by atoms with Gasteiger partial charge in [0.25, 0.3) is 0 Å². The third-order valence-electron chi connectivity index (χ3n) is 6.13. The zero-order valence-corrected chi connectivity index (χ0v) is 19.9. The second kappa shape index (κ2) is 7.49. The van der Waals surface area contributed by atoms with Crippen molar-refractivity contribution in [3.63, 3.8) is 0 Å². The number of benzene rings is 1. The Morgan fingerprint density at radius 2 is 2.03 bits per heavy atom. The average Bonchev–Trinajstić information content (AvgIpc) is 3.15. The topological polar surface area (TPSA) is 41.5 Å². The van der Waals surface area contributed by atoms with E-state index in [0.717, 1.165) is 21.8 Å². The summed E-state index contributed by atoms with van der Waals surface area (Å²) in [5.41, 5.74) is 9.09. The van der Waals surface area contributed by atoms with Crippen molar-refractivity contribution in [1.29, 1.82) is 0 Å². The molecule has 1 atom stereocenters. The van der Waals surface area contributed by atoms with Gasteiger partial charge in [0, 0.05) is 30.2 Å². The van der Waals surface area contributed by atoms with Crippen LogP contribution < -0.4 is 10.5 Å². The molecular weight excluding hydrogens is 404 g/mol. The fourth-order valence-corrected chi connectivity index (χ4v) is 8.63. The summed E-state index contributed by atoms with van der Waals surface area (Å²) in [6.07, 6.45) is 6.51. The van der Waals surface area contributed by atoms with E-state index in [9.17, 15) is 4.79 Å². The molecule has 2 aromatic rings. The minimum atomic E-state index is -2.17. The molecule has 2 aliphatic rings. The van der Waals surface area contributed by atoms with Gasteiger partial charge < -0.3 is 5.32 Å². The number of ketones is 1. The number of allylic oxidation sites excluding steroid dienone is 5. The number of rotatable bonds is 4. The summed E-state index contributed by atoms with van der Waals surface area (Å²) in [5.74, 6) is 0.113. The van der Waals surface area contributed by atoms with Crippen LogP contribution in [0.4, 0.5) is 5.69 Å². The van der Waals surface area contributed by atoms with Crippen LogP contribution in [0.5, 0.6) is 0 Å². The van der Waals surface area contributed by atoms with Crippen LogP contribution in [-0.2, 0) is 0 Å². The van der Waals surface area contributed by atoms with Gasteiger partial charge in [-0.1, -0.05) is 24.4 Å². The molecule has 0 saturated heterocycles. The lowest BCUT2D eigenvalue weighted by Crippen LogP contribution is -2.50. The zero-order chi connectivity index (χ0) is 21.6. The number of hydrogen-bond donors (Lipinski definition) is 1. The highest BCUT2D eigenvalue weighted by atomic mass is 32.1. The van der Waals surface area contributed by atoms with Gasteiger partial charge in [0.1, 0.15) is 8.07 Å². The Bertz CT molecular complexity index is 1210. The van der Waals surface area contributed by atoms with Crippen LogP contribution in [0.1, 0.15) is 32.6 Å². The molecule has 2 heterocycles. The van der Waals surface area contributed by atoms with Gasteiger partial charge in [-0.3, -0.25) is 9.79 Å². The normalized spacial score (nSPS) is 21.2. The van der Waals surface area contributed by atoms with Gasteiger partial charge >= 0.3 is 0 Å². The van der Waals surface area contributed by atoms with E-state index >= 15 is 0 Å². The molecule has 0 saturated carbocycles. The lowest BCUT2D eigenvalue weighted by atomic mass is 9.92. The van der Waals surface area contributed by atoms with E-state index in [1.54, 1.807) is 18.3 Å². The summed E-state index contributed by atoms with van der Waals surface area (Å²) in [5, 5.41) is 5.96. The third kappa shape index (κ3) is 3.01. The van der Waals surface area contributed by atoms with Crippen molar-refractivity contribution in [3.05, 3.63) is 86.4 Å². The minimum Gasteiger partial charge on any atom is -0.388 e. The summed E-state index contributed by atoms with van der Waals surface area (Å²) >= 11 is 1.59. The van der Waals surface area contributed by atoms with Crippen LogP contribution in [0.2, 0.25) is 6.55 Å². The lowest BCUT2D eigenvalue weighted by Gasteiger charge is -2.38. The fraction of sp³-hybridized carbons (Fsp3) is 0.200. The highest BCUT2D eigenvalue weighted by molar-refractivity contribution is 7.15. The highest BCUT2D eigenvalue weighted by Gasteiger charge is 2.41. The van der Waals surface area contributed by atoms with Gasteiger partial charge in [-0.15, -0.1) is 17.9 Å². The number of carbonyl (C=O) groups excluding carboxylic acids is 1. The van der Waals surface area contributed by atoms with E-state index in [0.29, 0.717) is 0 Å². The molecule has 1 aromatic carbocycles. The number of fused-ring (bicyclic) bond motifs is 2. The second-order valence-electron chi connectivity index (χ2n) is 7.92. The first-order chi connectivity index (χ1) is 14.3. The average molecular weight is 431 g/mol. The van der Waals surface area contributed by atoms with Crippen LogP contribution >= 0.6 is 11.3 Å². The van der Waals surface area contributed by atoms with Gasteiger partial charge in [-0.05, 0) is 71.3 Å². The van der Waals surface area contributed by atoms with Gasteiger partial charge in [0.2, 0.25) is 0 Å². The monoisotopic (exact) mass is 430 g/mol. The van der Waals surface area contributed by atoms with Gasteiger partial charge in [0.05, 0.1) is 10.6 Å². The number of Topliss-reactive ketones (excluding diaryl/α,β-unsaturated/α-hetero) is 1. The maximum absolute atomic E-state index is 12.1. The molecule has 1 unspecified atom stereocenters. The number of nitrogens with one attached hydrogen (secondary N) is 1. The lowest BCUT2D eigenvalue weighted by molar-refractivity contribution is 0.102. The van der Waals surface area contributed by atoms with Gasteiger partial charge in [-0.2, -0.15) is 0 Å². The quantitative estimate of drug-likeness (QED) is 0.533. The number of aliphatic imine (C=N–C) groups is 1. The van der Waals surface area contributed by atoms with Crippen LogP contribution in [0, 0.1) is 6.92 Å². The standard InChI is InChI=1S/C25H26N2OSSi/c1-7-30(6)22-13-17(26-4)8-10-19(22)24(20-11-9-18(27-5)14-23(20)30)25-15(2)12-21(29-25)16(3)28/h7-14,26H,1H2,2-6H3. The van der Waals surface area contributed by atoms with E-state index < -0.39 is 8.07 Å². The second-order valence-corrected chi connectivity index (χ2v) is 12.9. The molecule has 0 amide bonds. The maximum atomic E-state index is 12.1. The number of hydrogen-bond acceptors (Lipinski definition) is 4. The molecule has 0 radical (unpaired) electrons. The summed E-state index contributed by atoms with van der Waals surface area (Å²) < 4.78 is 0. The van der Waals surface area contributed by atoms with Gasteiger partial charge in [-0.25, -0.2) is 0 Å². The van der Waals surface area contributed by atoms with E-state index in [1.165, 1.54) is 32.0 Å². The van der Waals surface area contributed by atoms with Crippen molar-refractivity contribution in [2.75, 3.05) is 19.4 Å². The van der Waals surface area contributed by atoms with Crippen molar-refractivity contribution >= 4 is 47.4 Å². The van der Waals surface area contributed by atoms with Crippen LogP contribution in [-0.4, -0.2) is 33.7 Å². The Morgan fingerprint density at radius 1 is 1.27 bits per heavy atom. The van der Waals surface area contributed by atoms with E-state index in [1.807, 2.05) is 20.2 Å². The Kier molecular flexibility index (Phi) is 5.12. The van der Waals surface area contributed by atoms with E-state index in [2.05, 4.69) is 72.5 Å². The summed E-state index contributed by atoms with van der Waals surface area (Å²) in [6, 6.07) is 8.65. The van der Waals surface area contributed by atoms with Crippen molar-refractivity contribution < 1.29 is 4.79 Å². The maximum Gasteiger partial charge on any atom is 0.169 e. The molecule has 0 bridgehead atoms. The molecule has 4 rings (SSSR count). The molecule has 1 aliphatic heterocycles. The first kappa shape index (κ1) is 20.5. The summed E-state index contributed by atoms with van der Waals surface area (Å²) in [6.45, 7) is 10.4. The molecule has 3 nitrogen and oxygen atoms in total. The Balaban J connectivity index is 2.12. The predicted molar refractivity (Wildman–Crippen MR) is 133 cm³/mol. The first-order valence-electron chi connectivity index (χ1n) is 10.0. The molecule has 152 valence electrons. The number of aryl methyl sites for hydroxylation is 1. The summed E-state index contributed by atoms with van der Waals surface area (Å²) in [4.78, 5) is 18.5. The van der Waals surface area contributed by atoms with Crippen LogP contribution in [0.15, 0.2) is 70.5 Å². The van der Waals surface area contributed by atoms with Gasteiger partial charge in [0.15, 0.2) is 5.78 Å². The number of carbonyl (C=O) groups is 1. The Morgan fingerprint density at radius 3 is 2.63 bits per heavy atom. The predicted octanol–water partition coefficient (Wildman–Crippen LogP) is 5.23. The molecule has 0 spiro atoms. The Labute approximate surface area is 183 Å². The first-order valence-corrected chi connectivity index (χ1v) is 13.4. The van der Waals surface area contributed by atoms with Crippen LogP contribution in [0.3, 0.4) is 0 Å². The number of nitrogens with zero attached hydrogens (tertiary/aromatic N) is 1. The summed E-state index contributed by atoms with van der Waals surface area (Å²) in [7, 11) is 1.61. The minimum absolute atomic E-state index is 0.113. The fourth-order valence-electron chi connectivity index (χ4n) is 4.32.